The number of hydrogen-bond acceptors (Lipinski definition) is 8. The SMILES string of the molecule is CCOC(=O)c1ccc(S(=O)(=O)N2CCC(C(=O)Nc3cnn(CCN(CC)CC)c3)CC2)o1. The number of likely N-dealkylation sites (N-methyl/N-ethyl adjacent to an activating group) is 1. The summed E-state index contributed by atoms with van der Waals surface area (Å²) in [6.45, 7) is 9.97. The number of carbonyl (C=O) groups excluding carboxylic acids is 2. The third-order valence-electron chi connectivity index (χ3n) is 5.92. The Morgan fingerprint density at radius 2 is 1.91 bits per heavy atom. The fourth-order valence-electron chi connectivity index (χ4n) is 3.83. The van der Waals surface area contributed by atoms with Crippen molar-refractivity contribution >= 4 is 27.6 Å². The summed E-state index contributed by atoms with van der Waals surface area (Å²) in [7, 11) is -3.90. The Hall–Kier alpha value is -2.70. The van der Waals surface area contributed by atoms with E-state index in [0.717, 1.165) is 26.2 Å². The van der Waals surface area contributed by atoms with Gasteiger partial charge in [-0.05, 0) is 45.0 Å². The lowest BCUT2D eigenvalue weighted by Gasteiger charge is -2.29. The van der Waals surface area contributed by atoms with Gasteiger partial charge >= 0.3 is 5.97 Å². The quantitative estimate of drug-likeness (QED) is 0.469. The molecule has 1 amide bonds. The molecule has 2 aromatic rings. The van der Waals surface area contributed by atoms with Crippen LogP contribution >= 0.6 is 0 Å². The maximum absolute atomic E-state index is 12.9. The van der Waals surface area contributed by atoms with Crippen molar-refractivity contribution in [3.63, 3.8) is 0 Å². The maximum atomic E-state index is 12.9. The molecule has 1 aliphatic heterocycles. The number of piperidine rings is 1. The van der Waals surface area contributed by atoms with E-state index in [-0.39, 0.29) is 42.4 Å². The van der Waals surface area contributed by atoms with Crippen molar-refractivity contribution in [2.24, 2.45) is 5.92 Å². The van der Waals surface area contributed by atoms with Gasteiger partial charge in [0.2, 0.25) is 16.8 Å². The Balaban J connectivity index is 1.51. The molecule has 3 heterocycles. The van der Waals surface area contributed by atoms with E-state index in [0.29, 0.717) is 18.5 Å². The summed E-state index contributed by atoms with van der Waals surface area (Å²) >= 11 is 0. The predicted octanol–water partition coefficient (Wildman–Crippen LogP) is 2.03. The number of hydrogen-bond donors (Lipinski definition) is 1. The van der Waals surface area contributed by atoms with Gasteiger partial charge in [-0.3, -0.25) is 9.48 Å². The molecule has 1 N–H and O–H groups in total. The molecular weight excluding hydrogens is 462 g/mol. The van der Waals surface area contributed by atoms with Crippen LogP contribution in [0.3, 0.4) is 0 Å². The second-order valence-corrected chi connectivity index (χ2v) is 9.89. The molecule has 0 unspecified atom stereocenters. The summed E-state index contributed by atoms with van der Waals surface area (Å²) in [4.78, 5) is 26.7. The van der Waals surface area contributed by atoms with Crippen molar-refractivity contribution in [2.45, 2.75) is 45.2 Å². The average molecular weight is 496 g/mol. The van der Waals surface area contributed by atoms with Crippen molar-refractivity contribution < 1.29 is 27.2 Å². The van der Waals surface area contributed by atoms with E-state index >= 15 is 0 Å². The van der Waals surface area contributed by atoms with E-state index in [1.54, 1.807) is 24.0 Å². The molecular formula is C22H33N5O6S. The van der Waals surface area contributed by atoms with Crippen LogP contribution in [-0.2, 0) is 26.1 Å². The van der Waals surface area contributed by atoms with Crippen LogP contribution < -0.4 is 5.32 Å². The highest BCUT2D eigenvalue weighted by Crippen LogP contribution is 2.26. The van der Waals surface area contributed by atoms with Gasteiger partial charge in [-0.1, -0.05) is 13.8 Å². The molecule has 0 atom stereocenters. The minimum atomic E-state index is -3.90. The van der Waals surface area contributed by atoms with Gasteiger partial charge in [0.15, 0.2) is 0 Å². The highest BCUT2D eigenvalue weighted by Gasteiger charge is 2.34. The largest absolute Gasteiger partial charge is 0.460 e. The first-order valence-electron chi connectivity index (χ1n) is 11.6. The fraction of sp³-hybridized carbons (Fsp3) is 0.591. The summed E-state index contributed by atoms with van der Waals surface area (Å²) in [6, 6.07) is 2.53. The first-order chi connectivity index (χ1) is 16.3. The monoisotopic (exact) mass is 495 g/mol. The third-order valence-corrected chi connectivity index (χ3v) is 7.69. The third kappa shape index (κ3) is 6.24. The molecule has 34 heavy (non-hydrogen) atoms. The van der Waals surface area contributed by atoms with Crippen LogP contribution in [0.25, 0.3) is 0 Å². The molecule has 0 bridgehead atoms. The lowest BCUT2D eigenvalue weighted by molar-refractivity contribution is -0.120. The number of furan rings is 1. The lowest BCUT2D eigenvalue weighted by Crippen LogP contribution is -2.41. The van der Waals surface area contributed by atoms with Gasteiger partial charge in [-0.25, -0.2) is 13.2 Å². The van der Waals surface area contributed by atoms with E-state index in [1.807, 2.05) is 0 Å². The maximum Gasteiger partial charge on any atom is 0.374 e. The fourth-order valence-corrected chi connectivity index (χ4v) is 5.22. The zero-order valence-electron chi connectivity index (χ0n) is 19.9. The van der Waals surface area contributed by atoms with Crippen LogP contribution in [0.15, 0.2) is 34.0 Å². The number of carbonyl (C=O) groups is 2. The van der Waals surface area contributed by atoms with Gasteiger partial charge in [0.05, 0.1) is 25.0 Å². The average Bonchev–Trinajstić information content (AvgIpc) is 3.50. The van der Waals surface area contributed by atoms with Crippen LogP contribution in [-0.4, -0.2) is 78.6 Å². The van der Waals surface area contributed by atoms with Gasteiger partial charge in [-0.15, -0.1) is 0 Å². The van der Waals surface area contributed by atoms with E-state index in [4.69, 9.17) is 9.15 Å². The molecule has 1 aliphatic rings. The van der Waals surface area contributed by atoms with Crippen molar-refractivity contribution in [3.05, 3.63) is 30.3 Å². The number of aromatic nitrogens is 2. The zero-order chi connectivity index (χ0) is 24.7. The van der Waals surface area contributed by atoms with Gasteiger partial charge < -0.3 is 19.4 Å². The number of anilines is 1. The molecule has 12 heteroatoms. The van der Waals surface area contributed by atoms with Crippen LogP contribution in [0.2, 0.25) is 0 Å². The number of sulfonamides is 1. The van der Waals surface area contributed by atoms with Crippen LogP contribution in [0.4, 0.5) is 5.69 Å². The highest BCUT2D eigenvalue weighted by molar-refractivity contribution is 7.89. The zero-order valence-corrected chi connectivity index (χ0v) is 20.7. The first-order valence-corrected chi connectivity index (χ1v) is 13.0. The Morgan fingerprint density at radius 3 is 2.56 bits per heavy atom. The molecule has 0 aromatic carbocycles. The number of nitrogens with one attached hydrogen (secondary N) is 1. The minimum Gasteiger partial charge on any atom is -0.460 e. The Kier molecular flexibility index (Phi) is 8.86. The normalized spacial score (nSPS) is 15.5. The molecule has 1 saturated heterocycles. The Morgan fingerprint density at radius 1 is 1.21 bits per heavy atom. The molecule has 188 valence electrons. The topological polar surface area (TPSA) is 127 Å². The number of nitrogens with zero attached hydrogens (tertiary/aromatic N) is 4. The molecule has 0 spiro atoms. The van der Waals surface area contributed by atoms with Gasteiger partial charge in [-0.2, -0.15) is 9.40 Å². The van der Waals surface area contributed by atoms with Crippen LogP contribution in [0.1, 0.15) is 44.2 Å². The number of esters is 1. The molecule has 11 nitrogen and oxygen atoms in total. The van der Waals surface area contributed by atoms with E-state index in [9.17, 15) is 18.0 Å². The van der Waals surface area contributed by atoms with Gasteiger partial charge in [0.25, 0.3) is 10.0 Å². The predicted molar refractivity (Wildman–Crippen MR) is 125 cm³/mol. The van der Waals surface area contributed by atoms with Crippen molar-refractivity contribution in [1.82, 2.24) is 19.0 Å². The first kappa shape index (κ1) is 25.9. The summed E-state index contributed by atoms with van der Waals surface area (Å²) in [5.74, 6) is -1.33. The Labute approximate surface area is 200 Å². The van der Waals surface area contributed by atoms with E-state index in [2.05, 4.69) is 29.2 Å². The van der Waals surface area contributed by atoms with E-state index < -0.39 is 16.0 Å². The van der Waals surface area contributed by atoms with E-state index in [1.165, 1.54) is 16.4 Å². The molecule has 0 radical (unpaired) electrons. The number of ether oxygens (including phenoxy) is 1. The van der Waals surface area contributed by atoms with Gasteiger partial charge in [0, 0.05) is 31.7 Å². The Bertz CT molecular complexity index is 1070. The molecule has 2 aromatic heterocycles. The van der Waals surface area contributed by atoms with Crippen molar-refractivity contribution in [1.29, 1.82) is 0 Å². The molecule has 1 fully saturated rings. The summed E-state index contributed by atoms with van der Waals surface area (Å²) < 4.78 is 38.9. The van der Waals surface area contributed by atoms with Gasteiger partial charge in [0.1, 0.15) is 0 Å². The highest BCUT2D eigenvalue weighted by atomic mass is 32.2. The van der Waals surface area contributed by atoms with Crippen molar-refractivity contribution in [3.8, 4) is 0 Å². The standard InChI is InChI=1S/C22H33N5O6S/c1-4-25(5-2)13-14-26-16-18(15-23-26)24-21(28)17-9-11-27(12-10-17)34(30,31)20-8-7-19(33-20)22(29)32-6-3/h7-8,15-17H,4-6,9-14H2,1-3H3,(H,24,28). The number of amides is 1. The molecule has 3 rings (SSSR count). The second kappa shape index (κ2) is 11.6. The van der Waals surface area contributed by atoms with Crippen LogP contribution in [0.5, 0.6) is 0 Å². The summed E-state index contributed by atoms with van der Waals surface area (Å²) in [5.41, 5.74) is 0.627. The minimum absolute atomic E-state index is 0.150. The van der Waals surface area contributed by atoms with Crippen LogP contribution in [0, 0.1) is 5.92 Å². The van der Waals surface area contributed by atoms with Crippen molar-refractivity contribution in [2.75, 3.05) is 44.6 Å². The molecule has 0 aliphatic carbocycles. The second-order valence-electron chi connectivity index (χ2n) is 8.03. The summed E-state index contributed by atoms with van der Waals surface area (Å²) in [6.07, 6.45) is 4.19. The summed E-state index contributed by atoms with van der Waals surface area (Å²) in [5, 5.41) is 6.88. The molecule has 0 saturated carbocycles. The number of rotatable bonds is 11. The smallest absolute Gasteiger partial charge is 0.374 e. The lowest BCUT2D eigenvalue weighted by atomic mass is 9.97.